The number of nitrogens with zero attached hydrogens (tertiary/aromatic N) is 1. The third-order valence-corrected chi connectivity index (χ3v) is 4.17. The SMILES string of the molecule is COc1ccc(N(c2ccccc2)c2ccc(OCCOCCO)cc2)cc1. The maximum absolute atomic E-state index is 8.70. The number of anilines is 3. The number of ether oxygens (including phenoxy) is 3. The third-order valence-electron chi connectivity index (χ3n) is 4.17. The Labute approximate surface area is 165 Å². The van der Waals surface area contributed by atoms with Crippen LogP contribution in [0.1, 0.15) is 0 Å². The lowest BCUT2D eigenvalue weighted by Gasteiger charge is -2.25. The highest BCUT2D eigenvalue weighted by atomic mass is 16.5. The van der Waals surface area contributed by atoms with Gasteiger partial charge in [-0.25, -0.2) is 0 Å². The zero-order valence-electron chi connectivity index (χ0n) is 16.0. The van der Waals surface area contributed by atoms with Gasteiger partial charge in [0.15, 0.2) is 0 Å². The molecular weight excluding hydrogens is 354 g/mol. The summed E-state index contributed by atoms with van der Waals surface area (Å²) in [6, 6.07) is 26.1. The first-order chi connectivity index (χ1) is 13.8. The van der Waals surface area contributed by atoms with Gasteiger partial charge in [0.25, 0.3) is 0 Å². The molecule has 28 heavy (non-hydrogen) atoms. The molecule has 0 atom stereocenters. The largest absolute Gasteiger partial charge is 0.497 e. The number of hydrogen-bond donors (Lipinski definition) is 1. The van der Waals surface area contributed by atoms with Crippen LogP contribution in [-0.4, -0.2) is 38.6 Å². The van der Waals surface area contributed by atoms with Crippen LogP contribution in [0.4, 0.5) is 17.1 Å². The van der Waals surface area contributed by atoms with E-state index >= 15 is 0 Å². The van der Waals surface area contributed by atoms with Crippen LogP contribution in [0, 0.1) is 0 Å². The number of aliphatic hydroxyl groups is 1. The number of hydrogen-bond acceptors (Lipinski definition) is 5. The molecule has 0 aliphatic heterocycles. The Bertz CT molecular complexity index is 819. The van der Waals surface area contributed by atoms with Crippen molar-refractivity contribution in [1.82, 2.24) is 0 Å². The molecular formula is C23H25NO4. The first-order valence-electron chi connectivity index (χ1n) is 9.22. The molecule has 3 aromatic carbocycles. The lowest BCUT2D eigenvalue weighted by Crippen LogP contribution is -2.10. The molecule has 1 N–H and O–H groups in total. The third kappa shape index (κ3) is 5.25. The van der Waals surface area contributed by atoms with E-state index in [9.17, 15) is 0 Å². The van der Waals surface area contributed by atoms with Gasteiger partial charge in [-0.15, -0.1) is 0 Å². The minimum atomic E-state index is 0.0232. The van der Waals surface area contributed by atoms with Crippen molar-refractivity contribution in [1.29, 1.82) is 0 Å². The molecule has 0 saturated carbocycles. The van der Waals surface area contributed by atoms with E-state index < -0.39 is 0 Å². The lowest BCUT2D eigenvalue weighted by atomic mass is 10.2. The Balaban J connectivity index is 1.78. The standard InChI is InChI=1S/C23H25NO4/c1-26-22-11-7-20(8-12-22)24(19-5-3-2-4-6-19)21-9-13-23(14-10-21)28-18-17-27-16-15-25/h2-14,25H,15-18H2,1H3. The van der Waals surface area contributed by atoms with Crippen molar-refractivity contribution >= 4 is 17.1 Å². The Morgan fingerprint density at radius 3 is 1.82 bits per heavy atom. The molecule has 0 bridgehead atoms. The number of para-hydroxylation sites is 1. The van der Waals surface area contributed by atoms with E-state index in [0.717, 1.165) is 28.6 Å². The van der Waals surface area contributed by atoms with Crippen molar-refractivity contribution in [3.05, 3.63) is 78.9 Å². The van der Waals surface area contributed by atoms with Gasteiger partial charge in [-0.2, -0.15) is 0 Å². The molecule has 0 aliphatic carbocycles. The Morgan fingerprint density at radius 2 is 1.25 bits per heavy atom. The average molecular weight is 379 g/mol. The summed E-state index contributed by atoms with van der Waals surface area (Å²) in [6.07, 6.45) is 0. The summed E-state index contributed by atoms with van der Waals surface area (Å²) < 4.78 is 16.2. The van der Waals surface area contributed by atoms with Gasteiger partial charge in [-0.1, -0.05) is 18.2 Å². The van der Waals surface area contributed by atoms with E-state index in [4.69, 9.17) is 19.3 Å². The highest BCUT2D eigenvalue weighted by Crippen LogP contribution is 2.35. The van der Waals surface area contributed by atoms with Crippen molar-refractivity contribution in [3.63, 3.8) is 0 Å². The van der Waals surface area contributed by atoms with Crippen LogP contribution in [0.25, 0.3) is 0 Å². The van der Waals surface area contributed by atoms with Gasteiger partial charge in [0.05, 0.1) is 26.9 Å². The summed E-state index contributed by atoms with van der Waals surface area (Å²) >= 11 is 0. The highest BCUT2D eigenvalue weighted by Gasteiger charge is 2.12. The van der Waals surface area contributed by atoms with E-state index in [2.05, 4.69) is 17.0 Å². The van der Waals surface area contributed by atoms with Crippen LogP contribution >= 0.6 is 0 Å². The molecule has 0 fully saturated rings. The molecule has 3 aromatic rings. The minimum absolute atomic E-state index is 0.0232. The second-order valence-corrected chi connectivity index (χ2v) is 6.05. The maximum Gasteiger partial charge on any atom is 0.119 e. The van der Waals surface area contributed by atoms with Crippen LogP contribution in [0.15, 0.2) is 78.9 Å². The van der Waals surface area contributed by atoms with E-state index in [1.54, 1.807) is 7.11 Å². The van der Waals surface area contributed by atoms with Gasteiger partial charge in [-0.3, -0.25) is 0 Å². The molecule has 0 aliphatic rings. The van der Waals surface area contributed by atoms with E-state index in [1.165, 1.54) is 0 Å². The second kappa shape index (κ2) is 10.3. The fraction of sp³-hybridized carbons (Fsp3) is 0.217. The molecule has 146 valence electrons. The molecule has 0 unspecified atom stereocenters. The van der Waals surface area contributed by atoms with Crippen LogP contribution in [-0.2, 0) is 4.74 Å². The Morgan fingerprint density at radius 1 is 0.679 bits per heavy atom. The fourth-order valence-corrected chi connectivity index (χ4v) is 2.83. The molecule has 0 spiro atoms. The van der Waals surface area contributed by atoms with Crippen LogP contribution in [0.3, 0.4) is 0 Å². The molecule has 5 nitrogen and oxygen atoms in total. The molecule has 0 heterocycles. The summed E-state index contributed by atoms with van der Waals surface area (Å²) in [5, 5.41) is 8.70. The topological polar surface area (TPSA) is 51.2 Å². The lowest BCUT2D eigenvalue weighted by molar-refractivity contribution is 0.0705. The summed E-state index contributed by atoms with van der Waals surface area (Å²) in [7, 11) is 1.66. The van der Waals surface area contributed by atoms with Crippen molar-refractivity contribution in [2.24, 2.45) is 0 Å². The van der Waals surface area contributed by atoms with E-state index in [1.807, 2.05) is 66.7 Å². The smallest absolute Gasteiger partial charge is 0.119 e. The van der Waals surface area contributed by atoms with Crippen molar-refractivity contribution in [2.45, 2.75) is 0 Å². The van der Waals surface area contributed by atoms with Gasteiger partial charge in [-0.05, 0) is 60.7 Å². The fourth-order valence-electron chi connectivity index (χ4n) is 2.83. The predicted octanol–water partition coefficient (Wildman–Crippen LogP) is 4.55. The Kier molecular flexibility index (Phi) is 7.29. The van der Waals surface area contributed by atoms with Gasteiger partial charge >= 0.3 is 0 Å². The predicted molar refractivity (Wildman–Crippen MR) is 111 cm³/mol. The number of rotatable bonds is 10. The average Bonchev–Trinajstić information content (AvgIpc) is 2.76. The van der Waals surface area contributed by atoms with Crippen LogP contribution < -0.4 is 14.4 Å². The second-order valence-electron chi connectivity index (χ2n) is 6.05. The van der Waals surface area contributed by atoms with Gasteiger partial charge in [0.2, 0.25) is 0 Å². The summed E-state index contributed by atoms with van der Waals surface area (Å²) in [5.74, 6) is 1.60. The van der Waals surface area contributed by atoms with Crippen molar-refractivity contribution in [2.75, 3.05) is 38.4 Å². The first kappa shape index (κ1) is 19.7. The van der Waals surface area contributed by atoms with Gasteiger partial charge in [0.1, 0.15) is 18.1 Å². The normalized spacial score (nSPS) is 10.5. The summed E-state index contributed by atoms with van der Waals surface area (Å²) in [5.41, 5.74) is 3.14. The molecule has 5 heteroatoms. The molecule has 0 amide bonds. The summed E-state index contributed by atoms with van der Waals surface area (Å²) in [4.78, 5) is 2.17. The van der Waals surface area contributed by atoms with Gasteiger partial charge in [0, 0.05) is 17.1 Å². The van der Waals surface area contributed by atoms with Crippen molar-refractivity contribution < 1.29 is 19.3 Å². The van der Waals surface area contributed by atoms with Gasteiger partial charge < -0.3 is 24.2 Å². The molecule has 3 rings (SSSR count). The van der Waals surface area contributed by atoms with Crippen LogP contribution in [0.5, 0.6) is 11.5 Å². The Hall–Kier alpha value is -3.02. The molecule has 0 aromatic heterocycles. The van der Waals surface area contributed by atoms with E-state index in [0.29, 0.717) is 19.8 Å². The van der Waals surface area contributed by atoms with Crippen LogP contribution in [0.2, 0.25) is 0 Å². The zero-order chi connectivity index (χ0) is 19.6. The highest BCUT2D eigenvalue weighted by molar-refractivity contribution is 5.76. The monoisotopic (exact) mass is 379 g/mol. The number of benzene rings is 3. The number of aliphatic hydroxyl groups excluding tert-OH is 1. The summed E-state index contributed by atoms with van der Waals surface area (Å²) in [6.45, 7) is 1.25. The van der Waals surface area contributed by atoms with E-state index in [-0.39, 0.29) is 6.61 Å². The number of methoxy groups -OCH3 is 1. The quantitative estimate of drug-likeness (QED) is 0.524. The molecule has 0 radical (unpaired) electrons. The van der Waals surface area contributed by atoms with Crippen molar-refractivity contribution in [3.8, 4) is 11.5 Å². The minimum Gasteiger partial charge on any atom is -0.497 e. The molecule has 0 saturated heterocycles. The first-order valence-corrected chi connectivity index (χ1v) is 9.22. The zero-order valence-corrected chi connectivity index (χ0v) is 16.0. The maximum atomic E-state index is 8.70.